The molecule has 8 heteroatoms. The van der Waals surface area contributed by atoms with Crippen molar-refractivity contribution in [3.63, 3.8) is 0 Å². The van der Waals surface area contributed by atoms with Crippen LogP contribution in [-0.4, -0.2) is 57.7 Å². The van der Waals surface area contributed by atoms with E-state index in [0.717, 1.165) is 0 Å². The Bertz CT molecular complexity index is 479. The first kappa shape index (κ1) is 13.7. The van der Waals surface area contributed by atoms with Crippen molar-refractivity contribution in [3.05, 3.63) is 23.2 Å². The predicted molar refractivity (Wildman–Crippen MR) is 64.9 cm³/mol. The van der Waals surface area contributed by atoms with Gasteiger partial charge in [0.2, 0.25) is 0 Å². The van der Waals surface area contributed by atoms with Crippen LogP contribution in [0.5, 0.6) is 0 Å². The molecule has 0 spiro atoms. The first-order valence-corrected chi connectivity index (χ1v) is 6.04. The van der Waals surface area contributed by atoms with E-state index in [1.54, 1.807) is 0 Å². The number of carbonyl (C=O) groups excluding carboxylic acids is 1. The van der Waals surface area contributed by atoms with Crippen LogP contribution in [0.1, 0.15) is 16.9 Å². The zero-order chi connectivity index (χ0) is 13.8. The lowest BCUT2D eigenvalue weighted by molar-refractivity contribution is -0.139. The molecule has 1 fully saturated rings. The van der Waals surface area contributed by atoms with E-state index in [-0.39, 0.29) is 29.8 Å². The van der Waals surface area contributed by atoms with E-state index in [4.69, 9.17) is 21.4 Å². The molecule has 2 heterocycles. The number of ether oxygens (including phenoxy) is 1. The number of aliphatic carboxylic acids is 1. The molecular weight excluding hydrogens is 274 g/mol. The number of morpholine rings is 1. The largest absolute Gasteiger partial charge is 0.481 e. The van der Waals surface area contributed by atoms with Crippen molar-refractivity contribution in [1.29, 1.82) is 0 Å². The number of hydrogen-bond donors (Lipinski definition) is 1. The minimum atomic E-state index is -0.976. The SMILES string of the molecule is O=C(O)CC1COCCN1C(=O)c1cnc(Cl)cn1. The molecule has 19 heavy (non-hydrogen) atoms. The Hall–Kier alpha value is -1.73. The maximum Gasteiger partial charge on any atom is 0.305 e. The van der Waals surface area contributed by atoms with Gasteiger partial charge in [0.15, 0.2) is 0 Å². The highest BCUT2D eigenvalue weighted by Gasteiger charge is 2.30. The highest BCUT2D eigenvalue weighted by Crippen LogP contribution is 2.14. The minimum absolute atomic E-state index is 0.140. The van der Waals surface area contributed by atoms with Gasteiger partial charge >= 0.3 is 5.97 Å². The molecule has 1 aromatic heterocycles. The summed E-state index contributed by atoms with van der Waals surface area (Å²) < 4.78 is 5.20. The van der Waals surface area contributed by atoms with Gasteiger partial charge in [-0.2, -0.15) is 0 Å². The van der Waals surface area contributed by atoms with Crippen LogP contribution in [0.15, 0.2) is 12.4 Å². The first-order chi connectivity index (χ1) is 9.08. The van der Waals surface area contributed by atoms with E-state index in [1.165, 1.54) is 17.3 Å². The van der Waals surface area contributed by atoms with Crippen LogP contribution < -0.4 is 0 Å². The molecule has 0 bridgehead atoms. The normalized spacial score (nSPS) is 19.2. The maximum absolute atomic E-state index is 12.2. The zero-order valence-electron chi connectivity index (χ0n) is 9.95. The summed E-state index contributed by atoms with van der Waals surface area (Å²) in [6, 6.07) is -0.490. The molecule has 1 aliphatic heterocycles. The van der Waals surface area contributed by atoms with E-state index in [0.29, 0.717) is 13.2 Å². The van der Waals surface area contributed by atoms with Gasteiger partial charge in [0.05, 0.1) is 38.1 Å². The molecule has 0 saturated carbocycles. The molecule has 1 atom stereocenters. The Morgan fingerprint density at radius 2 is 2.26 bits per heavy atom. The summed E-state index contributed by atoms with van der Waals surface area (Å²) >= 11 is 5.60. The molecule has 0 aliphatic carbocycles. The van der Waals surface area contributed by atoms with Gasteiger partial charge in [-0.15, -0.1) is 0 Å². The molecule has 1 aromatic rings. The summed E-state index contributed by atoms with van der Waals surface area (Å²) in [6.45, 7) is 0.920. The lowest BCUT2D eigenvalue weighted by Crippen LogP contribution is -2.49. The summed E-state index contributed by atoms with van der Waals surface area (Å²) in [5.41, 5.74) is 0.140. The van der Waals surface area contributed by atoms with Crippen LogP contribution in [0, 0.1) is 0 Å². The summed E-state index contributed by atoms with van der Waals surface area (Å²) in [6.07, 6.45) is 2.39. The van der Waals surface area contributed by atoms with Gasteiger partial charge in [-0.1, -0.05) is 11.6 Å². The molecule has 102 valence electrons. The van der Waals surface area contributed by atoms with E-state index in [2.05, 4.69) is 9.97 Å². The zero-order valence-corrected chi connectivity index (χ0v) is 10.7. The van der Waals surface area contributed by atoms with Crippen LogP contribution in [0.3, 0.4) is 0 Å². The first-order valence-electron chi connectivity index (χ1n) is 5.66. The van der Waals surface area contributed by atoms with Gasteiger partial charge < -0.3 is 14.7 Å². The minimum Gasteiger partial charge on any atom is -0.481 e. The summed E-state index contributed by atoms with van der Waals surface area (Å²) in [7, 11) is 0. The number of nitrogens with zero attached hydrogens (tertiary/aromatic N) is 3. The van der Waals surface area contributed by atoms with E-state index in [9.17, 15) is 9.59 Å². The molecule has 1 N–H and O–H groups in total. The second-order valence-corrected chi connectivity index (χ2v) is 4.44. The fourth-order valence-corrected chi connectivity index (χ4v) is 1.96. The predicted octanol–water partition coefficient (Wildman–Crippen LogP) is 0.446. The maximum atomic E-state index is 12.2. The summed E-state index contributed by atoms with van der Waals surface area (Å²) in [5.74, 6) is -1.34. The second kappa shape index (κ2) is 5.94. The highest BCUT2D eigenvalue weighted by atomic mass is 35.5. The van der Waals surface area contributed by atoms with Crippen LogP contribution in [0.4, 0.5) is 0 Å². The average molecular weight is 286 g/mol. The second-order valence-electron chi connectivity index (χ2n) is 4.05. The lowest BCUT2D eigenvalue weighted by atomic mass is 10.1. The highest BCUT2D eigenvalue weighted by molar-refractivity contribution is 6.29. The number of aromatic nitrogens is 2. The van der Waals surface area contributed by atoms with Crippen molar-refractivity contribution in [2.45, 2.75) is 12.5 Å². The smallest absolute Gasteiger partial charge is 0.305 e. The van der Waals surface area contributed by atoms with Gasteiger partial charge in [0, 0.05) is 6.54 Å². The van der Waals surface area contributed by atoms with Crippen molar-refractivity contribution < 1.29 is 19.4 Å². The Morgan fingerprint density at radius 3 is 2.89 bits per heavy atom. The van der Waals surface area contributed by atoms with Crippen LogP contribution in [-0.2, 0) is 9.53 Å². The number of carbonyl (C=O) groups is 2. The van der Waals surface area contributed by atoms with Crippen LogP contribution >= 0.6 is 11.6 Å². The fraction of sp³-hybridized carbons (Fsp3) is 0.455. The van der Waals surface area contributed by atoms with Gasteiger partial charge in [0.1, 0.15) is 10.8 Å². The molecular formula is C11H12ClN3O4. The van der Waals surface area contributed by atoms with Crippen molar-refractivity contribution in [1.82, 2.24) is 14.9 Å². The number of amides is 1. The van der Waals surface area contributed by atoms with Crippen molar-refractivity contribution in [2.24, 2.45) is 0 Å². The molecule has 0 radical (unpaired) electrons. The Balaban J connectivity index is 2.15. The number of carboxylic acid groups (broad SMARTS) is 1. The molecule has 1 amide bonds. The van der Waals surface area contributed by atoms with Gasteiger partial charge in [-0.25, -0.2) is 9.97 Å². The van der Waals surface area contributed by atoms with E-state index < -0.39 is 12.0 Å². The van der Waals surface area contributed by atoms with Crippen LogP contribution in [0.25, 0.3) is 0 Å². The Kier molecular flexibility index (Phi) is 4.28. The number of rotatable bonds is 3. The van der Waals surface area contributed by atoms with E-state index in [1.807, 2.05) is 0 Å². The average Bonchev–Trinajstić information content (AvgIpc) is 2.39. The van der Waals surface area contributed by atoms with Crippen molar-refractivity contribution in [3.8, 4) is 0 Å². The number of hydrogen-bond acceptors (Lipinski definition) is 5. The quantitative estimate of drug-likeness (QED) is 0.866. The summed E-state index contributed by atoms with van der Waals surface area (Å²) in [5, 5.41) is 9.03. The third-order valence-electron chi connectivity index (χ3n) is 2.74. The van der Waals surface area contributed by atoms with Crippen molar-refractivity contribution >= 4 is 23.5 Å². The molecule has 2 rings (SSSR count). The Labute approximate surface area is 114 Å². The van der Waals surface area contributed by atoms with Gasteiger partial charge in [-0.05, 0) is 0 Å². The lowest BCUT2D eigenvalue weighted by Gasteiger charge is -2.34. The molecule has 0 aromatic carbocycles. The topological polar surface area (TPSA) is 92.6 Å². The fourth-order valence-electron chi connectivity index (χ4n) is 1.86. The number of halogens is 1. The van der Waals surface area contributed by atoms with Gasteiger partial charge in [-0.3, -0.25) is 9.59 Å². The third-order valence-corrected chi connectivity index (χ3v) is 2.93. The molecule has 1 aliphatic rings. The van der Waals surface area contributed by atoms with Crippen molar-refractivity contribution in [2.75, 3.05) is 19.8 Å². The molecule has 1 unspecified atom stereocenters. The standard InChI is InChI=1S/C11H12ClN3O4/c12-9-5-13-8(4-14-9)11(18)15-1-2-19-6-7(15)3-10(16)17/h4-5,7H,1-3,6H2,(H,16,17). The summed E-state index contributed by atoms with van der Waals surface area (Å²) in [4.78, 5) is 32.1. The number of carboxylic acids is 1. The van der Waals surface area contributed by atoms with E-state index >= 15 is 0 Å². The Morgan fingerprint density at radius 1 is 1.47 bits per heavy atom. The molecule has 7 nitrogen and oxygen atoms in total. The van der Waals surface area contributed by atoms with Crippen LogP contribution in [0.2, 0.25) is 5.15 Å². The molecule has 1 saturated heterocycles. The monoisotopic (exact) mass is 285 g/mol. The third kappa shape index (κ3) is 3.39. The van der Waals surface area contributed by atoms with Gasteiger partial charge in [0.25, 0.3) is 5.91 Å².